The molecule has 0 aliphatic carbocycles. The molecule has 1 fully saturated rings. The molecule has 4 nitrogen and oxygen atoms in total. The summed E-state index contributed by atoms with van der Waals surface area (Å²) in [5.41, 5.74) is 0. The first-order valence-corrected chi connectivity index (χ1v) is 7.40. The van der Waals surface area contributed by atoms with E-state index < -0.39 is 0 Å². The Morgan fingerprint density at radius 2 is 2.05 bits per heavy atom. The molecule has 1 saturated heterocycles. The maximum Gasteiger partial charge on any atom is 0.191 e. The van der Waals surface area contributed by atoms with E-state index in [1.807, 2.05) is 0 Å². The summed E-state index contributed by atoms with van der Waals surface area (Å²) in [5.74, 6) is 2.36. The molecule has 1 aliphatic heterocycles. The molecule has 114 valence electrons. The van der Waals surface area contributed by atoms with E-state index in [1.165, 1.54) is 26.1 Å². The number of likely N-dealkylation sites (tertiary alicyclic amines) is 1. The van der Waals surface area contributed by atoms with Crippen LogP contribution in [0.3, 0.4) is 0 Å². The topological polar surface area (TPSA) is 39.7 Å². The van der Waals surface area contributed by atoms with Gasteiger partial charge in [-0.2, -0.15) is 0 Å². The van der Waals surface area contributed by atoms with Gasteiger partial charge in [-0.15, -0.1) is 24.0 Å². The summed E-state index contributed by atoms with van der Waals surface area (Å²) < 4.78 is 0. The lowest BCUT2D eigenvalue weighted by molar-refractivity contribution is 0.342. The molecule has 0 saturated carbocycles. The minimum absolute atomic E-state index is 0. The number of nitrogens with zero attached hydrogens (tertiary/aromatic N) is 2. The fourth-order valence-corrected chi connectivity index (χ4v) is 2.22. The lowest BCUT2D eigenvalue weighted by Gasteiger charge is -2.16. The van der Waals surface area contributed by atoms with Gasteiger partial charge in [0.05, 0.1) is 0 Å². The Balaban J connectivity index is 0.00000324. The van der Waals surface area contributed by atoms with Crippen LogP contribution in [0.15, 0.2) is 4.99 Å². The van der Waals surface area contributed by atoms with E-state index in [1.54, 1.807) is 0 Å². The summed E-state index contributed by atoms with van der Waals surface area (Å²) in [7, 11) is 0. The predicted molar refractivity (Wildman–Crippen MR) is 94.5 cm³/mol. The van der Waals surface area contributed by atoms with Crippen LogP contribution < -0.4 is 10.6 Å². The monoisotopic (exact) mass is 382 g/mol. The number of nitrogens with one attached hydrogen (secondary N) is 2. The van der Waals surface area contributed by atoms with Crippen LogP contribution in [-0.2, 0) is 0 Å². The Hall–Kier alpha value is -0.0400. The van der Waals surface area contributed by atoms with Crippen molar-refractivity contribution in [2.45, 2.75) is 34.1 Å². The van der Waals surface area contributed by atoms with Crippen LogP contribution in [0.4, 0.5) is 0 Å². The fourth-order valence-electron chi connectivity index (χ4n) is 2.22. The predicted octanol–water partition coefficient (Wildman–Crippen LogP) is 2.16. The van der Waals surface area contributed by atoms with Gasteiger partial charge in [0.25, 0.3) is 0 Å². The van der Waals surface area contributed by atoms with Crippen molar-refractivity contribution in [3.63, 3.8) is 0 Å². The number of hydrogen-bond acceptors (Lipinski definition) is 2. The van der Waals surface area contributed by atoms with Crippen molar-refractivity contribution in [1.29, 1.82) is 0 Å². The molecule has 5 heteroatoms. The number of hydrogen-bond donors (Lipinski definition) is 2. The smallest absolute Gasteiger partial charge is 0.191 e. The van der Waals surface area contributed by atoms with Gasteiger partial charge >= 0.3 is 0 Å². The molecule has 0 radical (unpaired) electrons. The highest BCUT2D eigenvalue weighted by molar-refractivity contribution is 14.0. The van der Waals surface area contributed by atoms with Gasteiger partial charge in [-0.1, -0.05) is 20.8 Å². The molecule has 2 N–H and O–H groups in total. The van der Waals surface area contributed by atoms with Crippen LogP contribution in [0.1, 0.15) is 34.1 Å². The summed E-state index contributed by atoms with van der Waals surface area (Å²) in [5, 5.41) is 6.79. The third kappa shape index (κ3) is 7.97. The molecule has 0 aromatic heterocycles. The van der Waals surface area contributed by atoms with Crippen LogP contribution in [0.2, 0.25) is 0 Å². The molecule has 0 aromatic rings. The van der Waals surface area contributed by atoms with E-state index in [-0.39, 0.29) is 24.0 Å². The number of halogens is 1. The molecule has 1 heterocycles. The van der Waals surface area contributed by atoms with E-state index in [2.05, 4.69) is 48.2 Å². The van der Waals surface area contributed by atoms with Gasteiger partial charge in [-0.05, 0) is 38.3 Å². The highest BCUT2D eigenvalue weighted by atomic mass is 127. The minimum atomic E-state index is 0. The molecule has 0 amide bonds. The molecule has 0 spiro atoms. The van der Waals surface area contributed by atoms with Crippen LogP contribution in [-0.4, -0.2) is 50.1 Å². The Bertz CT molecular complexity index is 256. The SMILES string of the molecule is CCNC(=NCC(C)C)NCC1CCN(CC)C1.I. The largest absolute Gasteiger partial charge is 0.357 e. The van der Waals surface area contributed by atoms with Gasteiger partial charge in [0.2, 0.25) is 0 Å². The molecule has 19 heavy (non-hydrogen) atoms. The minimum Gasteiger partial charge on any atom is -0.357 e. The second kappa shape index (κ2) is 10.7. The Morgan fingerprint density at radius 1 is 1.32 bits per heavy atom. The van der Waals surface area contributed by atoms with Crippen LogP contribution in [0.5, 0.6) is 0 Å². The van der Waals surface area contributed by atoms with Crippen molar-refractivity contribution in [3.05, 3.63) is 0 Å². The Labute approximate surface area is 135 Å². The molecule has 1 rings (SSSR count). The number of guanidine groups is 1. The zero-order valence-electron chi connectivity index (χ0n) is 12.9. The Morgan fingerprint density at radius 3 is 2.58 bits per heavy atom. The summed E-state index contributed by atoms with van der Waals surface area (Å²) in [6.45, 7) is 15.3. The first kappa shape index (κ1) is 19.0. The van der Waals surface area contributed by atoms with Gasteiger partial charge in [0.1, 0.15) is 0 Å². The number of rotatable bonds is 6. The standard InChI is InChI=1S/C14H30N4.HI/c1-5-15-14(16-9-12(3)4)17-10-13-7-8-18(6-2)11-13;/h12-13H,5-11H2,1-4H3,(H2,15,16,17);1H. The lowest BCUT2D eigenvalue weighted by Crippen LogP contribution is -2.40. The van der Waals surface area contributed by atoms with Gasteiger partial charge in [-0.25, -0.2) is 0 Å². The van der Waals surface area contributed by atoms with Crippen LogP contribution >= 0.6 is 24.0 Å². The maximum atomic E-state index is 4.59. The van der Waals surface area contributed by atoms with Crippen molar-refractivity contribution >= 4 is 29.9 Å². The number of aliphatic imine (C=N–C) groups is 1. The van der Waals surface area contributed by atoms with E-state index in [0.717, 1.165) is 31.5 Å². The van der Waals surface area contributed by atoms with Gasteiger partial charge in [-0.3, -0.25) is 4.99 Å². The third-order valence-electron chi connectivity index (χ3n) is 3.33. The fraction of sp³-hybridized carbons (Fsp3) is 0.929. The zero-order valence-corrected chi connectivity index (χ0v) is 15.2. The summed E-state index contributed by atoms with van der Waals surface area (Å²) in [6.07, 6.45) is 1.31. The van der Waals surface area contributed by atoms with Crippen molar-refractivity contribution in [2.75, 3.05) is 39.3 Å². The van der Waals surface area contributed by atoms with E-state index >= 15 is 0 Å². The second-order valence-electron chi connectivity index (χ2n) is 5.54. The zero-order chi connectivity index (χ0) is 13.4. The molecular formula is C14H31IN4. The van der Waals surface area contributed by atoms with Crippen molar-refractivity contribution in [2.24, 2.45) is 16.8 Å². The summed E-state index contributed by atoms with van der Waals surface area (Å²) in [6, 6.07) is 0. The molecule has 1 atom stereocenters. The second-order valence-corrected chi connectivity index (χ2v) is 5.54. The van der Waals surface area contributed by atoms with E-state index in [9.17, 15) is 0 Å². The molecular weight excluding hydrogens is 351 g/mol. The first-order chi connectivity index (χ1) is 8.65. The van der Waals surface area contributed by atoms with Crippen LogP contribution in [0, 0.1) is 11.8 Å². The van der Waals surface area contributed by atoms with Crippen LogP contribution in [0.25, 0.3) is 0 Å². The Kier molecular flexibility index (Phi) is 10.7. The highest BCUT2D eigenvalue weighted by Crippen LogP contribution is 2.14. The highest BCUT2D eigenvalue weighted by Gasteiger charge is 2.20. The molecule has 0 bridgehead atoms. The van der Waals surface area contributed by atoms with Gasteiger partial charge in [0, 0.05) is 26.2 Å². The summed E-state index contributed by atoms with van der Waals surface area (Å²) in [4.78, 5) is 7.11. The summed E-state index contributed by atoms with van der Waals surface area (Å²) >= 11 is 0. The average molecular weight is 382 g/mol. The first-order valence-electron chi connectivity index (χ1n) is 7.40. The quantitative estimate of drug-likeness (QED) is 0.420. The van der Waals surface area contributed by atoms with Crippen molar-refractivity contribution in [3.8, 4) is 0 Å². The molecule has 1 aliphatic rings. The molecule has 0 aromatic carbocycles. The maximum absolute atomic E-state index is 4.59. The van der Waals surface area contributed by atoms with Gasteiger partial charge < -0.3 is 15.5 Å². The average Bonchev–Trinajstić information content (AvgIpc) is 2.80. The normalized spacial score (nSPS) is 20.5. The third-order valence-corrected chi connectivity index (χ3v) is 3.33. The molecule has 1 unspecified atom stereocenters. The van der Waals surface area contributed by atoms with E-state index in [0.29, 0.717) is 5.92 Å². The van der Waals surface area contributed by atoms with Crippen molar-refractivity contribution < 1.29 is 0 Å². The lowest BCUT2D eigenvalue weighted by atomic mass is 10.1. The van der Waals surface area contributed by atoms with Gasteiger partial charge in [0.15, 0.2) is 5.96 Å². The van der Waals surface area contributed by atoms with E-state index in [4.69, 9.17) is 0 Å². The van der Waals surface area contributed by atoms with Crippen molar-refractivity contribution in [1.82, 2.24) is 15.5 Å².